The molecule has 1 aliphatic rings. The number of carbonyl (C=O) groups excluding carboxylic acids is 1. The molecule has 9 nitrogen and oxygen atoms in total. The zero-order valence-corrected chi connectivity index (χ0v) is 19.5. The minimum Gasteiger partial charge on any atom is -0.497 e. The van der Waals surface area contributed by atoms with Crippen LogP contribution in [0.1, 0.15) is 49.4 Å². The zero-order valence-electron chi connectivity index (χ0n) is 19.5. The highest BCUT2D eigenvalue weighted by Crippen LogP contribution is 2.32. The largest absolute Gasteiger partial charge is 0.497 e. The van der Waals surface area contributed by atoms with Crippen molar-refractivity contribution in [2.45, 2.75) is 38.6 Å². The molecule has 0 radical (unpaired) electrons. The zero-order chi connectivity index (χ0) is 24.1. The first-order valence-electron chi connectivity index (χ1n) is 10.8. The number of aliphatic hydroxyl groups is 1. The number of ether oxygens (including phenoxy) is 2. The second kappa shape index (κ2) is 10.4. The Bertz CT molecular complexity index is 1060. The average Bonchev–Trinajstić information content (AvgIpc) is 3.41. The summed E-state index contributed by atoms with van der Waals surface area (Å²) in [6.07, 6.45) is 0.748. The highest BCUT2D eigenvalue weighted by atomic mass is 16.5. The monoisotopic (exact) mass is 453 g/mol. The third-order valence-corrected chi connectivity index (χ3v) is 5.34. The Morgan fingerprint density at radius 3 is 2.52 bits per heavy atom. The molecule has 1 aromatic carbocycles. The number of benzene rings is 1. The molecular formula is C24H31N5O4. The molecular weight excluding hydrogens is 422 g/mol. The summed E-state index contributed by atoms with van der Waals surface area (Å²) in [5.74, 6) is 7.83. The molecule has 1 fully saturated rings. The summed E-state index contributed by atoms with van der Waals surface area (Å²) in [5.41, 5.74) is 7.38. The molecule has 33 heavy (non-hydrogen) atoms. The van der Waals surface area contributed by atoms with Gasteiger partial charge in [-0.15, -0.1) is 0 Å². The predicted octanol–water partition coefficient (Wildman–Crippen LogP) is 2.03. The van der Waals surface area contributed by atoms with E-state index in [9.17, 15) is 9.90 Å². The molecule has 176 valence electrons. The van der Waals surface area contributed by atoms with Crippen LogP contribution in [0, 0.1) is 11.8 Å². The summed E-state index contributed by atoms with van der Waals surface area (Å²) in [7, 11) is 3.14. The first-order valence-corrected chi connectivity index (χ1v) is 10.8. The van der Waals surface area contributed by atoms with Crippen LogP contribution in [0.4, 0.5) is 5.82 Å². The van der Waals surface area contributed by atoms with Crippen LogP contribution in [0.25, 0.3) is 0 Å². The first-order chi connectivity index (χ1) is 15.8. The van der Waals surface area contributed by atoms with E-state index in [1.165, 1.54) is 6.08 Å². The molecule has 4 N–H and O–H groups in total. The van der Waals surface area contributed by atoms with Crippen LogP contribution in [-0.2, 0) is 4.79 Å². The van der Waals surface area contributed by atoms with Gasteiger partial charge in [0.2, 0.25) is 5.91 Å². The van der Waals surface area contributed by atoms with Gasteiger partial charge in [0.1, 0.15) is 29.2 Å². The Kier molecular flexibility index (Phi) is 7.63. The normalized spacial score (nSPS) is 16.2. The number of aliphatic hydroxyl groups excluding tert-OH is 1. The standard InChI is InChI=1S/C24H31N5O4/c1-6-21(30)28-10-9-17(14-28)29-24(26-15(2)3)22(23(25)31)20(27-29)8-7-16-11-18(32-4)13-19(12-16)33-5/h6,11-13,15,17,23,26,31H,1,9-10,14,25H2,2-5H3/t17-,23?/m0/s1. The van der Waals surface area contributed by atoms with Crippen molar-refractivity contribution < 1.29 is 19.4 Å². The molecule has 1 aromatic heterocycles. The molecule has 1 aliphatic heterocycles. The number of anilines is 1. The highest BCUT2D eigenvalue weighted by molar-refractivity contribution is 5.87. The van der Waals surface area contributed by atoms with Crippen molar-refractivity contribution >= 4 is 11.7 Å². The van der Waals surface area contributed by atoms with E-state index in [1.54, 1.807) is 42.0 Å². The van der Waals surface area contributed by atoms with Crippen LogP contribution in [0.5, 0.6) is 11.5 Å². The van der Waals surface area contributed by atoms with E-state index in [0.717, 1.165) is 0 Å². The summed E-state index contributed by atoms with van der Waals surface area (Å²) in [6.45, 7) is 8.62. The number of nitrogens with two attached hydrogens (primary N) is 1. The van der Waals surface area contributed by atoms with Crippen LogP contribution in [0.15, 0.2) is 30.9 Å². The molecule has 0 saturated carbocycles. The maximum atomic E-state index is 12.1. The Morgan fingerprint density at radius 1 is 1.30 bits per heavy atom. The number of hydrogen-bond acceptors (Lipinski definition) is 7. The van der Waals surface area contributed by atoms with Gasteiger partial charge in [-0.1, -0.05) is 12.5 Å². The van der Waals surface area contributed by atoms with E-state index in [4.69, 9.17) is 20.3 Å². The fraction of sp³-hybridized carbons (Fsp3) is 0.417. The number of nitrogens with one attached hydrogen (secondary N) is 1. The Hall–Kier alpha value is -3.48. The molecule has 1 saturated heterocycles. The summed E-state index contributed by atoms with van der Waals surface area (Å²) in [6, 6.07) is 5.31. The van der Waals surface area contributed by atoms with E-state index < -0.39 is 6.23 Å². The topological polar surface area (TPSA) is 115 Å². The SMILES string of the molecule is C=CC(=O)N1CC[C@H](n2nc(C#Cc3cc(OC)cc(OC)c3)c(C(N)O)c2NC(C)C)C1. The van der Waals surface area contributed by atoms with Gasteiger partial charge in [-0.3, -0.25) is 4.79 Å². The molecule has 2 aromatic rings. The number of methoxy groups -OCH3 is 2. The summed E-state index contributed by atoms with van der Waals surface area (Å²) < 4.78 is 12.4. The molecule has 0 aliphatic carbocycles. The van der Waals surface area contributed by atoms with Crippen molar-refractivity contribution in [1.29, 1.82) is 0 Å². The van der Waals surface area contributed by atoms with Crippen LogP contribution < -0.4 is 20.5 Å². The summed E-state index contributed by atoms with van der Waals surface area (Å²) >= 11 is 0. The van der Waals surface area contributed by atoms with E-state index in [-0.39, 0.29) is 18.0 Å². The van der Waals surface area contributed by atoms with Gasteiger partial charge in [0.15, 0.2) is 0 Å². The lowest BCUT2D eigenvalue weighted by atomic mass is 10.1. The van der Waals surface area contributed by atoms with E-state index in [1.807, 2.05) is 13.8 Å². The Balaban J connectivity index is 2.05. The Labute approximate surface area is 194 Å². The summed E-state index contributed by atoms with van der Waals surface area (Å²) in [5, 5.41) is 18.4. The van der Waals surface area contributed by atoms with Gasteiger partial charge in [-0.2, -0.15) is 5.10 Å². The fourth-order valence-corrected chi connectivity index (χ4v) is 3.78. The summed E-state index contributed by atoms with van der Waals surface area (Å²) in [4.78, 5) is 13.8. The van der Waals surface area contributed by atoms with Crippen molar-refractivity contribution in [3.63, 3.8) is 0 Å². The van der Waals surface area contributed by atoms with Crippen LogP contribution in [-0.4, -0.2) is 59.0 Å². The lowest BCUT2D eigenvalue weighted by molar-refractivity contribution is -0.125. The minimum absolute atomic E-state index is 0.0636. The van der Waals surface area contributed by atoms with E-state index in [0.29, 0.717) is 53.6 Å². The number of carbonyl (C=O) groups is 1. The molecule has 2 atom stereocenters. The first kappa shape index (κ1) is 24.2. The van der Waals surface area contributed by atoms with Gasteiger partial charge in [0.05, 0.1) is 25.8 Å². The molecule has 0 spiro atoms. The van der Waals surface area contributed by atoms with Crippen LogP contribution in [0.3, 0.4) is 0 Å². The van der Waals surface area contributed by atoms with Crippen LogP contribution >= 0.6 is 0 Å². The molecule has 1 amide bonds. The van der Waals surface area contributed by atoms with E-state index >= 15 is 0 Å². The van der Waals surface area contributed by atoms with Crippen molar-refractivity contribution in [2.75, 3.05) is 32.6 Å². The number of nitrogens with zero attached hydrogens (tertiary/aromatic N) is 3. The van der Waals surface area contributed by atoms with Gasteiger partial charge in [0.25, 0.3) is 0 Å². The van der Waals surface area contributed by atoms with Crippen LogP contribution in [0.2, 0.25) is 0 Å². The van der Waals surface area contributed by atoms with Gasteiger partial charge >= 0.3 is 0 Å². The molecule has 1 unspecified atom stereocenters. The molecule has 9 heteroatoms. The lowest BCUT2D eigenvalue weighted by Gasteiger charge is -2.20. The van der Waals surface area contributed by atoms with Crippen molar-refractivity contribution in [3.05, 3.63) is 47.7 Å². The number of hydrogen-bond donors (Lipinski definition) is 3. The maximum absolute atomic E-state index is 12.1. The Morgan fingerprint density at radius 2 is 1.97 bits per heavy atom. The lowest BCUT2D eigenvalue weighted by Crippen LogP contribution is -2.28. The third-order valence-electron chi connectivity index (χ3n) is 5.34. The predicted molar refractivity (Wildman–Crippen MR) is 126 cm³/mol. The number of likely N-dealkylation sites (tertiary alicyclic amines) is 1. The van der Waals surface area contributed by atoms with Gasteiger partial charge < -0.3 is 30.5 Å². The van der Waals surface area contributed by atoms with Gasteiger partial charge in [0, 0.05) is 30.8 Å². The van der Waals surface area contributed by atoms with Crippen molar-refractivity contribution in [2.24, 2.45) is 5.73 Å². The molecule has 0 bridgehead atoms. The fourth-order valence-electron chi connectivity index (χ4n) is 3.78. The van der Waals surface area contributed by atoms with Gasteiger partial charge in [-0.05, 0) is 44.4 Å². The third kappa shape index (κ3) is 5.48. The maximum Gasteiger partial charge on any atom is 0.246 e. The average molecular weight is 454 g/mol. The van der Waals surface area contributed by atoms with E-state index in [2.05, 4.69) is 23.7 Å². The number of rotatable bonds is 7. The van der Waals surface area contributed by atoms with Gasteiger partial charge in [-0.25, -0.2) is 4.68 Å². The number of aromatic nitrogens is 2. The number of amides is 1. The second-order valence-corrected chi connectivity index (χ2v) is 8.08. The molecule has 2 heterocycles. The smallest absolute Gasteiger partial charge is 0.246 e. The minimum atomic E-state index is -1.28. The molecule has 3 rings (SSSR count). The second-order valence-electron chi connectivity index (χ2n) is 8.08. The van der Waals surface area contributed by atoms with Crippen molar-refractivity contribution in [1.82, 2.24) is 14.7 Å². The van der Waals surface area contributed by atoms with Crippen molar-refractivity contribution in [3.8, 4) is 23.3 Å². The quantitative estimate of drug-likeness (QED) is 0.334. The highest BCUT2D eigenvalue weighted by Gasteiger charge is 2.31.